The van der Waals surface area contributed by atoms with Crippen LogP contribution in [0.2, 0.25) is 0 Å². The zero-order valence-electron chi connectivity index (χ0n) is 13.9. The van der Waals surface area contributed by atoms with Crippen molar-refractivity contribution in [1.29, 1.82) is 0 Å². The highest BCUT2D eigenvalue weighted by Crippen LogP contribution is 2.20. The van der Waals surface area contributed by atoms with Crippen LogP contribution in [0.25, 0.3) is 0 Å². The highest BCUT2D eigenvalue weighted by atomic mass is 19.3. The number of rotatable bonds is 8. The van der Waals surface area contributed by atoms with Gasteiger partial charge in [-0.2, -0.15) is 0 Å². The minimum absolute atomic E-state index is 0.00550. The van der Waals surface area contributed by atoms with E-state index in [4.69, 9.17) is 11.5 Å². The van der Waals surface area contributed by atoms with Gasteiger partial charge in [0.1, 0.15) is 11.9 Å². The van der Waals surface area contributed by atoms with Gasteiger partial charge in [-0.25, -0.2) is 18.7 Å². The molecule has 2 aromatic rings. The highest BCUT2D eigenvalue weighted by Gasteiger charge is 2.22. The predicted octanol–water partition coefficient (Wildman–Crippen LogP) is 1.55. The molecule has 10 heteroatoms. The molecule has 0 spiro atoms. The van der Waals surface area contributed by atoms with E-state index in [2.05, 4.69) is 20.6 Å². The molecular weight excluding hydrogens is 346 g/mol. The average molecular weight is 364 g/mol. The van der Waals surface area contributed by atoms with Crippen LogP contribution >= 0.6 is 0 Å². The number of anilines is 3. The second-order valence-electron chi connectivity index (χ2n) is 5.53. The molecule has 0 aliphatic carbocycles. The smallest absolute Gasteiger partial charge is 0.271 e. The molecular formula is C16H18F2N6O2. The van der Waals surface area contributed by atoms with Crippen molar-refractivity contribution in [1.82, 2.24) is 9.97 Å². The van der Waals surface area contributed by atoms with Crippen LogP contribution in [-0.2, 0) is 4.79 Å². The van der Waals surface area contributed by atoms with E-state index >= 15 is 0 Å². The Labute approximate surface area is 148 Å². The van der Waals surface area contributed by atoms with Crippen molar-refractivity contribution in [2.24, 2.45) is 11.5 Å². The maximum atomic E-state index is 12.6. The Morgan fingerprint density at radius 3 is 2.38 bits per heavy atom. The fourth-order valence-corrected chi connectivity index (χ4v) is 2.10. The Balaban J connectivity index is 2.30. The molecule has 1 heterocycles. The third-order valence-corrected chi connectivity index (χ3v) is 3.40. The van der Waals surface area contributed by atoms with Gasteiger partial charge in [0.2, 0.25) is 12.3 Å². The zero-order valence-corrected chi connectivity index (χ0v) is 13.9. The molecule has 1 atom stereocenters. The summed E-state index contributed by atoms with van der Waals surface area (Å²) in [5.41, 5.74) is 11.9. The van der Waals surface area contributed by atoms with Crippen molar-refractivity contribution in [3.63, 3.8) is 0 Å². The van der Waals surface area contributed by atoms with Gasteiger partial charge in [0.25, 0.3) is 5.91 Å². The lowest BCUT2D eigenvalue weighted by Crippen LogP contribution is -2.37. The molecule has 26 heavy (non-hydrogen) atoms. The van der Waals surface area contributed by atoms with Gasteiger partial charge in [-0.3, -0.25) is 9.59 Å². The molecule has 0 bridgehead atoms. The number of aryl methyl sites for hydroxylation is 1. The highest BCUT2D eigenvalue weighted by molar-refractivity contribution is 5.96. The van der Waals surface area contributed by atoms with Crippen LogP contribution < -0.4 is 22.1 Å². The van der Waals surface area contributed by atoms with Gasteiger partial charge in [-0.05, 0) is 19.1 Å². The van der Waals surface area contributed by atoms with Crippen LogP contribution in [0.1, 0.15) is 22.5 Å². The number of halogens is 2. The largest absolute Gasteiger partial charge is 0.368 e. The molecule has 1 aromatic carbocycles. The van der Waals surface area contributed by atoms with Crippen LogP contribution in [0.4, 0.5) is 26.1 Å². The quantitative estimate of drug-likeness (QED) is 0.561. The van der Waals surface area contributed by atoms with Crippen molar-refractivity contribution in [2.75, 3.05) is 10.6 Å². The summed E-state index contributed by atoms with van der Waals surface area (Å²) in [5, 5.41) is 5.38. The van der Waals surface area contributed by atoms with Crippen LogP contribution in [0, 0.1) is 6.92 Å². The lowest BCUT2D eigenvalue weighted by Gasteiger charge is -2.17. The molecule has 0 radical (unpaired) electrons. The van der Waals surface area contributed by atoms with Crippen LogP contribution in [-0.4, -0.2) is 34.2 Å². The van der Waals surface area contributed by atoms with Gasteiger partial charge >= 0.3 is 0 Å². The second kappa shape index (κ2) is 8.19. The summed E-state index contributed by atoms with van der Waals surface area (Å²) in [6, 6.07) is 5.85. The summed E-state index contributed by atoms with van der Waals surface area (Å²) in [6.07, 6.45) is -2.40. The first-order valence-corrected chi connectivity index (χ1v) is 7.60. The zero-order chi connectivity index (χ0) is 19.3. The van der Waals surface area contributed by atoms with E-state index in [-0.39, 0.29) is 17.3 Å². The van der Waals surface area contributed by atoms with Crippen molar-refractivity contribution >= 4 is 29.1 Å². The van der Waals surface area contributed by atoms with E-state index in [0.29, 0.717) is 5.69 Å². The van der Waals surface area contributed by atoms with Gasteiger partial charge in [-0.1, -0.05) is 17.7 Å². The van der Waals surface area contributed by atoms with E-state index < -0.39 is 30.7 Å². The third kappa shape index (κ3) is 5.10. The van der Waals surface area contributed by atoms with Crippen molar-refractivity contribution < 1.29 is 18.4 Å². The standard InChI is InChI=1S/C16H18F2N6O2/c1-8-2-4-9(5-3-8)22-16-13(15(20)26)21-7-12(24-16)23-10(14(19)25)6-11(17)18/h2-5,7,10-11H,6H2,1H3,(H2,19,25)(H2,20,26)(H2,22,23,24)/t10-/m1/s1. The number of hydrogen-bond acceptors (Lipinski definition) is 6. The number of alkyl halides is 2. The molecule has 2 amide bonds. The number of nitrogens with two attached hydrogens (primary N) is 2. The molecule has 0 saturated heterocycles. The Bertz CT molecular complexity index is 798. The maximum absolute atomic E-state index is 12.6. The molecule has 6 N–H and O–H groups in total. The molecule has 0 aliphatic heterocycles. The van der Waals surface area contributed by atoms with E-state index in [1.54, 1.807) is 12.1 Å². The molecule has 0 fully saturated rings. The number of primary amides is 2. The Morgan fingerprint density at radius 1 is 1.19 bits per heavy atom. The number of carbonyl (C=O) groups is 2. The summed E-state index contributed by atoms with van der Waals surface area (Å²) in [7, 11) is 0. The first kappa shape index (κ1) is 19.0. The van der Waals surface area contributed by atoms with Crippen molar-refractivity contribution in [3.8, 4) is 0 Å². The summed E-state index contributed by atoms with van der Waals surface area (Å²) in [5.74, 6) is -1.77. The fraction of sp³-hybridized carbons (Fsp3) is 0.250. The average Bonchev–Trinajstić information content (AvgIpc) is 2.56. The lowest BCUT2D eigenvalue weighted by atomic mass is 10.2. The summed E-state index contributed by atoms with van der Waals surface area (Å²) < 4.78 is 25.1. The van der Waals surface area contributed by atoms with E-state index in [9.17, 15) is 18.4 Å². The first-order chi connectivity index (χ1) is 12.3. The summed E-state index contributed by atoms with van der Waals surface area (Å²) in [6.45, 7) is 1.91. The second-order valence-corrected chi connectivity index (χ2v) is 5.53. The molecule has 2 rings (SSSR count). The molecule has 0 unspecified atom stereocenters. The first-order valence-electron chi connectivity index (χ1n) is 7.60. The maximum Gasteiger partial charge on any atom is 0.271 e. The monoisotopic (exact) mass is 364 g/mol. The third-order valence-electron chi connectivity index (χ3n) is 3.40. The van der Waals surface area contributed by atoms with Crippen molar-refractivity contribution in [3.05, 3.63) is 41.7 Å². The van der Waals surface area contributed by atoms with Gasteiger partial charge in [0, 0.05) is 12.1 Å². The Hall–Kier alpha value is -3.30. The predicted molar refractivity (Wildman–Crippen MR) is 92.2 cm³/mol. The van der Waals surface area contributed by atoms with Gasteiger partial charge in [-0.15, -0.1) is 0 Å². The van der Waals surface area contributed by atoms with E-state index in [0.717, 1.165) is 11.8 Å². The van der Waals surface area contributed by atoms with Crippen LogP contribution in [0.5, 0.6) is 0 Å². The molecule has 0 aliphatic rings. The lowest BCUT2D eigenvalue weighted by molar-refractivity contribution is -0.119. The van der Waals surface area contributed by atoms with E-state index in [1.807, 2.05) is 19.1 Å². The minimum Gasteiger partial charge on any atom is -0.368 e. The van der Waals surface area contributed by atoms with Crippen LogP contribution in [0.3, 0.4) is 0 Å². The molecule has 8 nitrogen and oxygen atoms in total. The molecule has 1 aromatic heterocycles. The van der Waals surface area contributed by atoms with Gasteiger partial charge < -0.3 is 22.1 Å². The van der Waals surface area contributed by atoms with Crippen molar-refractivity contribution in [2.45, 2.75) is 25.8 Å². The van der Waals surface area contributed by atoms with Crippen LogP contribution in [0.15, 0.2) is 30.5 Å². The summed E-state index contributed by atoms with van der Waals surface area (Å²) in [4.78, 5) is 30.8. The Morgan fingerprint density at radius 2 is 1.85 bits per heavy atom. The fourth-order valence-electron chi connectivity index (χ4n) is 2.10. The minimum atomic E-state index is -2.73. The normalized spacial score (nSPS) is 11.8. The van der Waals surface area contributed by atoms with Gasteiger partial charge in [0.15, 0.2) is 11.5 Å². The molecule has 138 valence electrons. The number of carbonyl (C=O) groups excluding carboxylic acids is 2. The van der Waals surface area contributed by atoms with Gasteiger partial charge in [0.05, 0.1) is 6.20 Å². The number of aromatic nitrogens is 2. The number of benzene rings is 1. The number of amides is 2. The number of nitrogens with one attached hydrogen (secondary N) is 2. The number of hydrogen-bond donors (Lipinski definition) is 4. The SMILES string of the molecule is Cc1ccc(Nc2nc(N[C@H](CC(F)F)C(N)=O)cnc2C(N)=O)cc1. The Kier molecular flexibility index (Phi) is 5.99. The number of nitrogens with zero attached hydrogens (tertiary/aromatic N) is 2. The molecule has 0 saturated carbocycles. The topological polar surface area (TPSA) is 136 Å². The van der Waals surface area contributed by atoms with E-state index in [1.165, 1.54) is 0 Å². The summed E-state index contributed by atoms with van der Waals surface area (Å²) >= 11 is 0.